The Morgan fingerprint density at radius 1 is 1.25 bits per heavy atom. The van der Waals surface area contributed by atoms with E-state index < -0.39 is 5.54 Å². The maximum absolute atomic E-state index is 7.08. The lowest BCUT2D eigenvalue weighted by molar-refractivity contribution is 0.426. The summed E-state index contributed by atoms with van der Waals surface area (Å²) in [7, 11) is 0. The van der Waals surface area contributed by atoms with E-state index in [0.29, 0.717) is 11.7 Å². The number of aromatic nitrogens is 1. The van der Waals surface area contributed by atoms with Crippen LogP contribution < -0.4 is 0 Å². The Morgan fingerprint density at radius 2 is 1.94 bits per heavy atom. The number of benzene rings is 1. The third kappa shape index (κ3) is 1.82. The Bertz CT molecular complexity index is 520. The summed E-state index contributed by atoms with van der Waals surface area (Å²) in [6, 6.07) is 9.74. The van der Waals surface area contributed by atoms with Gasteiger partial charge in [-0.25, -0.2) is 11.6 Å². The molecule has 0 aliphatic heterocycles. The van der Waals surface area contributed by atoms with E-state index >= 15 is 0 Å². The Hall–Kier alpha value is -2.08. The summed E-state index contributed by atoms with van der Waals surface area (Å²) in [5.41, 5.74) is 0.273. The van der Waals surface area contributed by atoms with E-state index in [0.717, 1.165) is 5.56 Å². The molecule has 3 heteroatoms. The van der Waals surface area contributed by atoms with Crippen LogP contribution in [-0.4, -0.2) is 4.98 Å². The summed E-state index contributed by atoms with van der Waals surface area (Å²) in [6.07, 6.45) is 1.66. The van der Waals surface area contributed by atoms with E-state index in [9.17, 15) is 0 Å². The maximum Gasteiger partial charge on any atom is 0.301 e. The quantitative estimate of drug-likeness (QED) is 0.713. The van der Waals surface area contributed by atoms with Gasteiger partial charge >= 0.3 is 5.54 Å². The van der Waals surface area contributed by atoms with E-state index in [2.05, 4.69) is 9.83 Å². The Balaban J connectivity index is 2.39. The highest BCUT2D eigenvalue weighted by Gasteiger charge is 2.32. The Labute approximate surface area is 94.6 Å². The zero-order valence-electron chi connectivity index (χ0n) is 9.27. The first-order valence-corrected chi connectivity index (χ1v) is 5.04. The molecule has 1 aromatic heterocycles. The molecule has 0 amide bonds. The minimum absolute atomic E-state index is 0.460. The van der Waals surface area contributed by atoms with Gasteiger partial charge < -0.3 is 9.26 Å². The SMILES string of the molecule is [C-]#[N+]C(C)(C)c1ncc(-c2ccccc2)o1. The first kappa shape index (κ1) is 10.4. The van der Waals surface area contributed by atoms with Crippen molar-refractivity contribution >= 4 is 0 Å². The molecule has 3 nitrogen and oxygen atoms in total. The highest BCUT2D eigenvalue weighted by Crippen LogP contribution is 2.28. The van der Waals surface area contributed by atoms with Crippen molar-refractivity contribution in [3.05, 3.63) is 53.8 Å². The highest BCUT2D eigenvalue weighted by molar-refractivity contribution is 5.55. The second kappa shape index (κ2) is 3.82. The van der Waals surface area contributed by atoms with E-state index in [1.54, 1.807) is 20.0 Å². The summed E-state index contributed by atoms with van der Waals surface area (Å²) in [4.78, 5) is 7.65. The van der Waals surface area contributed by atoms with Crippen LogP contribution in [0.5, 0.6) is 0 Å². The normalized spacial score (nSPS) is 11.1. The van der Waals surface area contributed by atoms with Gasteiger partial charge in [0.1, 0.15) is 0 Å². The maximum atomic E-state index is 7.08. The Kier molecular flexibility index (Phi) is 2.49. The zero-order valence-corrected chi connectivity index (χ0v) is 9.27. The summed E-state index contributed by atoms with van der Waals surface area (Å²) in [6.45, 7) is 10.7. The van der Waals surface area contributed by atoms with Crippen molar-refractivity contribution in [1.82, 2.24) is 4.98 Å². The molecule has 0 N–H and O–H groups in total. The minimum atomic E-state index is -0.701. The molecule has 0 saturated carbocycles. The van der Waals surface area contributed by atoms with Crippen molar-refractivity contribution in [1.29, 1.82) is 0 Å². The van der Waals surface area contributed by atoms with Crippen LogP contribution in [0.25, 0.3) is 16.2 Å². The number of rotatable bonds is 2. The molecule has 1 aromatic carbocycles. The lowest BCUT2D eigenvalue weighted by Crippen LogP contribution is -2.10. The van der Waals surface area contributed by atoms with Crippen LogP contribution in [0.15, 0.2) is 40.9 Å². The van der Waals surface area contributed by atoms with E-state index in [1.807, 2.05) is 30.3 Å². The van der Waals surface area contributed by atoms with Gasteiger partial charge in [-0.15, -0.1) is 0 Å². The second-order valence-electron chi connectivity index (χ2n) is 4.07. The smallest absolute Gasteiger partial charge is 0.301 e. The minimum Gasteiger partial charge on any atom is -0.434 e. The molecular formula is C13H12N2O. The fourth-order valence-electron chi connectivity index (χ4n) is 1.34. The monoisotopic (exact) mass is 212 g/mol. The summed E-state index contributed by atoms with van der Waals surface area (Å²) >= 11 is 0. The van der Waals surface area contributed by atoms with Crippen LogP contribution in [0.2, 0.25) is 0 Å². The van der Waals surface area contributed by atoms with Crippen LogP contribution in [0, 0.1) is 6.57 Å². The molecule has 0 bridgehead atoms. The third-order valence-corrected chi connectivity index (χ3v) is 2.37. The van der Waals surface area contributed by atoms with Crippen molar-refractivity contribution in [2.75, 3.05) is 0 Å². The van der Waals surface area contributed by atoms with Gasteiger partial charge in [0.2, 0.25) is 0 Å². The topological polar surface area (TPSA) is 30.4 Å². The fourth-order valence-corrected chi connectivity index (χ4v) is 1.34. The number of nitrogens with zero attached hydrogens (tertiary/aromatic N) is 2. The lowest BCUT2D eigenvalue weighted by Gasteiger charge is -2.04. The number of hydrogen-bond acceptors (Lipinski definition) is 2. The molecule has 0 unspecified atom stereocenters. The molecule has 0 radical (unpaired) electrons. The number of oxazole rings is 1. The van der Waals surface area contributed by atoms with Gasteiger partial charge in [-0.3, -0.25) is 0 Å². The average Bonchev–Trinajstić information content (AvgIpc) is 2.80. The van der Waals surface area contributed by atoms with Gasteiger partial charge in [0.25, 0.3) is 5.89 Å². The summed E-state index contributed by atoms with van der Waals surface area (Å²) < 4.78 is 5.60. The van der Waals surface area contributed by atoms with Gasteiger partial charge in [0, 0.05) is 19.4 Å². The zero-order chi connectivity index (χ0) is 11.6. The molecule has 80 valence electrons. The largest absolute Gasteiger partial charge is 0.434 e. The molecule has 0 saturated heterocycles. The van der Waals surface area contributed by atoms with Gasteiger partial charge in [-0.1, -0.05) is 30.3 Å². The van der Waals surface area contributed by atoms with Crippen LogP contribution in [0.3, 0.4) is 0 Å². The van der Waals surface area contributed by atoms with Crippen LogP contribution >= 0.6 is 0 Å². The van der Waals surface area contributed by atoms with Crippen molar-refractivity contribution in [3.63, 3.8) is 0 Å². The fraction of sp³-hybridized carbons (Fsp3) is 0.231. The summed E-state index contributed by atoms with van der Waals surface area (Å²) in [5, 5.41) is 0. The first-order valence-electron chi connectivity index (χ1n) is 5.04. The summed E-state index contributed by atoms with van der Waals surface area (Å²) in [5.74, 6) is 1.16. The average molecular weight is 212 g/mol. The molecule has 0 spiro atoms. The van der Waals surface area contributed by atoms with Crippen molar-refractivity contribution < 1.29 is 4.42 Å². The lowest BCUT2D eigenvalue weighted by atomic mass is 10.1. The second-order valence-corrected chi connectivity index (χ2v) is 4.07. The van der Waals surface area contributed by atoms with Crippen LogP contribution in [0.1, 0.15) is 19.7 Å². The predicted octanol–water partition coefficient (Wildman–Crippen LogP) is 3.50. The van der Waals surface area contributed by atoms with E-state index in [-0.39, 0.29) is 0 Å². The van der Waals surface area contributed by atoms with E-state index in [1.165, 1.54) is 0 Å². The molecule has 2 aromatic rings. The highest BCUT2D eigenvalue weighted by atomic mass is 16.4. The van der Waals surface area contributed by atoms with Gasteiger partial charge in [-0.2, -0.15) is 0 Å². The van der Waals surface area contributed by atoms with Crippen LogP contribution in [-0.2, 0) is 5.54 Å². The molecule has 1 heterocycles. The molecule has 0 aliphatic rings. The molecule has 0 aliphatic carbocycles. The predicted molar refractivity (Wildman–Crippen MR) is 61.6 cm³/mol. The molecular weight excluding hydrogens is 200 g/mol. The Morgan fingerprint density at radius 3 is 2.56 bits per heavy atom. The first-order chi connectivity index (χ1) is 7.63. The standard InChI is InChI=1S/C13H12N2O/c1-13(2,14-3)12-15-9-11(16-12)10-7-5-4-6-8-10/h4-9H,1-2H3. The van der Waals surface area contributed by atoms with Gasteiger partial charge in [-0.05, 0) is 0 Å². The molecule has 0 atom stereocenters. The van der Waals surface area contributed by atoms with Gasteiger partial charge in [0.05, 0.1) is 6.20 Å². The van der Waals surface area contributed by atoms with E-state index in [4.69, 9.17) is 11.0 Å². The molecule has 2 rings (SSSR count). The third-order valence-electron chi connectivity index (χ3n) is 2.37. The van der Waals surface area contributed by atoms with Crippen molar-refractivity contribution in [2.45, 2.75) is 19.4 Å². The van der Waals surface area contributed by atoms with Crippen molar-refractivity contribution in [2.24, 2.45) is 0 Å². The number of hydrogen-bond donors (Lipinski definition) is 0. The van der Waals surface area contributed by atoms with Crippen molar-refractivity contribution in [3.8, 4) is 11.3 Å². The molecule has 0 fully saturated rings. The van der Waals surface area contributed by atoms with Gasteiger partial charge in [0.15, 0.2) is 5.76 Å². The van der Waals surface area contributed by atoms with Crippen LogP contribution in [0.4, 0.5) is 0 Å². The molecule has 16 heavy (non-hydrogen) atoms.